The first-order valence-corrected chi connectivity index (χ1v) is 11.4. The van der Waals surface area contributed by atoms with Crippen LogP contribution in [0.3, 0.4) is 0 Å². The van der Waals surface area contributed by atoms with E-state index in [1.54, 1.807) is 39.0 Å². The van der Waals surface area contributed by atoms with Crippen LogP contribution in [0.5, 0.6) is 0 Å². The van der Waals surface area contributed by atoms with E-state index in [1.165, 1.54) is 6.20 Å². The Labute approximate surface area is 199 Å². The molecule has 7 nitrogen and oxygen atoms in total. The minimum absolute atomic E-state index is 0.00827. The second-order valence-corrected chi connectivity index (χ2v) is 10.5. The zero-order valence-electron chi connectivity index (χ0n) is 19.2. The lowest BCUT2D eigenvalue weighted by molar-refractivity contribution is -0.160. The fraction of sp³-hybridized carbons (Fsp3) is 0.565. The Morgan fingerprint density at radius 2 is 1.88 bits per heavy atom. The van der Waals surface area contributed by atoms with Gasteiger partial charge in [0.05, 0.1) is 0 Å². The third-order valence-corrected chi connectivity index (χ3v) is 5.82. The number of carboxylic acid groups (broad SMARTS) is 1. The molecule has 1 fully saturated rings. The first kappa shape index (κ1) is 26.3. The molecule has 0 amide bonds. The molecule has 0 spiro atoms. The van der Waals surface area contributed by atoms with Crippen molar-refractivity contribution in [1.29, 1.82) is 0 Å². The number of benzene rings is 1. The molecular weight excluding hydrogens is 453 g/mol. The van der Waals surface area contributed by atoms with Crippen molar-refractivity contribution in [2.45, 2.75) is 71.2 Å². The summed E-state index contributed by atoms with van der Waals surface area (Å²) in [5, 5.41) is 17.1. The van der Waals surface area contributed by atoms with E-state index in [4.69, 9.17) is 33.7 Å². The van der Waals surface area contributed by atoms with E-state index >= 15 is 0 Å². The summed E-state index contributed by atoms with van der Waals surface area (Å²) in [7, 11) is 0. The van der Waals surface area contributed by atoms with Gasteiger partial charge in [-0.3, -0.25) is 14.9 Å². The topological polar surface area (TPSA) is 114 Å². The minimum Gasteiger partial charge on any atom is -0.480 e. The zero-order valence-corrected chi connectivity index (χ0v) is 20.7. The maximum absolute atomic E-state index is 13.0. The number of esters is 1. The summed E-state index contributed by atoms with van der Waals surface area (Å²) in [6.07, 6.45) is 1.92. The number of halogens is 2. The molecule has 2 unspecified atom stereocenters. The number of ether oxygens (including phenoxy) is 1. The van der Waals surface area contributed by atoms with E-state index in [0.717, 1.165) is 5.56 Å². The predicted octanol–water partition coefficient (Wildman–Crippen LogP) is 4.07. The Balaban J connectivity index is 2.13. The standard InChI is InChI=1S/C23H33Cl2N3O4/c1-13(2)18-10-23(18,21(31)32-22(3,4)5)28-19(20(29)30)9-17(11-26)27-12-14-6-15(24)8-16(25)7-14/h6-8,11,13,18-19,27-28H,9-10,12,26H2,1-5H3,(H,29,30)/b17-11-/t18?,19-,23?/m0/s1. The van der Waals surface area contributed by atoms with Crippen molar-refractivity contribution < 1.29 is 19.4 Å². The number of rotatable bonds is 10. The van der Waals surface area contributed by atoms with Crippen LogP contribution in [0.25, 0.3) is 0 Å². The highest BCUT2D eigenvalue weighted by atomic mass is 35.5. The first-order chi connectivity index (χ1) is 14.8. The number of carbonyl (C=O) groups excluding carboxylic acids is 1. The third-order valence-electron chi connectivity index (χ3n) is 5.38. The zero-order chi connectivity index (χ0) is 24.3. The molecule has 1 aliphatic rings. The maximum atomic E-state index is 13.0. The fourth-order valence-corrected chi connectivity index (χ4v) is 4.35. The van der Waals surface area contributed by atoms with Gasteiger partial charge in [-0.25, -0.2) is 0 Å². The van der Waals surface area contributed by atoms with Crippen LogP contribution in [0, 0.1) is 11.8 Å². The summed E-state index contributed by atoms with van der Waals surface area (Å²) in [5.41, 5.74) is 5.40. The highest BCUT2D eigenvalue weighted by Gasteiger charge is 2.63. The number of hydrogen-bond acceptors (Lipinski definition) is 6. The van der Waals surface area contributed by atoms with E-state index in [0.29, 0.717) is 28.7 Å². The Bertz CT molecular complexity index is 862. The van der Waals surface area contributed by atoms with Crippen molar-refractivity contribution >= 4 is 35.1 Å². The molecule has 0 aliphatic heterocycles. The monoisotopic (exact) mass is 485 g/mol. The van der Waals surface area contributed by atoms with Gasteiger partial charge in [0.1, 0.15) is 17.2 Å². The molecule has 32 heavy (non-hydrogen) atoms. The van der Waals surface area contributed by atoms with Gasteiger partial charge in [0.25, 0.3) is 0 Å². The molecular formula is C23H33Cl2N3O4. The summed E-state index contributed by atoms with van der Waals surface area (Å²) in [6.45, 7) is 9.76. The van der Waals surface area contributed by atoms with Crippen LogP contribution in [0.4, 0.5) is 0 Å². The van der Waals surface area contributed by atoms with E-state index < -0.39 is 29.1 Å². The number of carboxylic acids is 1. The van der Waals surface area contributed by atoms with E-state index in [1.807, 2.05) is 13.8 Å². The molecule has 1 aromatic rings. The van der Waals surface area contributed by atoms with Gasteiger partial charge in [-0.15, -0.1) is 0 Å². The second kappa shape index (κ2) is 10.3. The fourth-order valence-electron chi connectivity index (χ4n) is 3.78. The number of nitrogens with one attached hydrogen (secondary N) is 2. The summed E-state index contributed by atoms with van der Waals surface area (Å²) >= 11 is 12.1. The van der Waals surface area contributed by atoms with Crippen molar-refractivity contribution in [3.8, 4) is 0 Å². The van der Waals surface area contributed by atoms with Gasteiger partial charge in [0.15, 0.2) is 0 Å². The van der Waals surface area contributed by atoms with Crippen LogP contribution in [0.2, 0.25) is 10.0 Å². The Morgan fingerprint density at radius 3 is 2.31 bits per heavy atom. The lowest BCUT2D eigenvalue weighted by Crippen LogP contribution is -2.53. The highest BCUT2D eigenvalue weighted by molar-refractivity contribution is 6.34. The molecule has 0 aromatic heterocycles. The lowest BCUT2D eigenvalue weighted by atomic mass is 10.0. The average molecular weight is 486 g/mol. The predicted molar refractivity (Wildman–Crippen MR) is 126 cm³/mol. The quantitative estimate of drug-likeness (QED) is 0.369. The molecule has 5 N–H and O–H groups in total. The molecule has 0 saturated heterocycles. The summed E-state index contributed by atoms with van der Waals surface area (Å²) in [4.78, 5) is 25.0. The Hall–Kier alpha value is -1.96. The molecule has 0 heterocycles. The van der Waals surface area contributed by atoms with Gasteiger partial charge in [-0.05, 0) is 62.8 Å². The molecule has 178 valence electrons. The van der Waals surface area contributed by atoms with Gasteiger partial charge < -0.3 is 20.9 Å². The van der Waals surface area contributed by atoms with Crippen molar-refractivity contribution in [1.82, 2.24) is 10.6 Å². The Morgan fingerprint density at radius 1 is 1.28 bits per heavy atom. The van der Waals surface area contributed by atoms with Crippen LogP contribution in [0.15, 0.2) is 30.1 Å². The molecule has 3 atom stereocenters. The molecule has 2 rings (SSSR count). The maximum Gasteiger partial charge on any atom is 0.327 e. The van der Waals surface area contributed by atoms with Crippen molar-refractivity contribution in [2.75, 3.05) is 0 Å². The largest absolute Gasteiger partial charge is 0.480 e. The van der Waals surface area contributed by atoms with Crippen LogP contribution < -0.4 is 16.4 Å². The van der Waals surface area contributed by atoms with Crippen LogP contribution in [0.1, 0.15) is 53.0 Å². The third kappa shape index (κ3) is 7.02. The van der Waals surface area contributed by atoms with E-state index in [2.05, 4.69) is 10.6 Å². The van der Waals surface area contributed by atoms with Crippen LogP contribution in [-0.4, -0.2) is 34.2 Å². The van der Waals surface area contributed by atoms with Crippen LogP contribution >= 0.6 is 23.2 Å². The minimum atomic E-state index is -1.07. The van der Waals surface area contributed by atoms with Crippen molar-refractivity contribution in [2.24, 2.45) is 17.6 Å². The van der Waals surface area contributed by atoms with Gasteiger partial charge in [-0.2, -0.15) is 0 Å². The Kier molecular flexibility index (Phi) is 8.48. The summed E-state index contributed by atoms with van der Waals surface area (Å²) in [6, 6.07) is 4.12. The smallest absolute Gasteiger partial charge is 0.327 e. The van der Waals surface area contributed by atoms with Gasteiger partial charge in [0.2, 0.25) is 0 Å². The average Bonchev–Trinajstić information content (AvgIpc) is 3.38. The van der Waals surface area contributed by atoms with Crippen molar-refractivity contribution in [3.05, 3.63) is 45.7 Å². The number of hydrogen-bond donors (Lipinski definition) is 4. The van der Waals surface area contributed by atoms with Crippen LogP contribution in [-0.2, 0) is 20.9 Å². The molecule has 1 saturated carbocycles. The van der Waals surface area contributed by atoms with Gasteiger partial charge in [0, 0.05) is 34.9 Å². The molecule has 9 heteroatoms. The highest BCUT2D eigenvalue weighted by Crippen LogP contribution is 2.50. The van der Waals surface area contributed by atoms with Gasteiger partial charge in [-0.1, -0.05) is 37.0 Å². The van der Waals surface area contributed by atoms with Gasteiger partial charge >= 0.3 is 11.9 Å². The number of nitrogens with two attached hydrogens (primary N) is 1. The lowest BCUT2D eigenvalue weighted by Gasteiger charge is -2.28. The SMILES string of the molecule is CC(C)C1CC1(N[C@@H](C/C(=C/N)NCc1cc(Cl)cc(Cl)c1)C(=O)O)C(=O)OC(C)(C)C. The summed E-state index contributed by atoms with van der Waals surface area (Å²) in [5.74, 6) is -1.31. The number of aliphatic carboxylic acids is 1. The molecule has 1 aromatic carbocycles. The normalized spacial score (nSPS) is 21.9. The first-order valence-electron chi connectivity index (χ1n) is 10.6. The molecule has 0 bridgehead atoms. The van der Waals surface area contributed by atoms with E-state index in [9.17, 15) is 14.7 Å². The van der Waals surface area contributed by atoms with E-state index in [-0.39, 0.29) is 18.3 Å². The number of carbonyl (C=O) groups is 2. The van der Waals surface area contributed by atoms with Crippen molar-refractivity contribution in [3.63, 3.8) is 0 Å². The second-order valence-electron chi connectivity index (χ2n) is 9.59. The molecule has 0 radical (unpaired) electrons. The molecule has 1 aliphatic carbocycles. The summed E-state index contributed by atoms with van der Waals surface area (Å²) < 4.78 is 5.61.